The van der Waals surface area contributed by atoms with Crippen LogP contribution in [0.4, 0.5) is 5.82 Å². The first-order valence-electron chi connectivity index (χ1n) is 7.95. The van der Waals surface area contributed by atoms with Crippen LogP contribution in [0.25, 0.3) is 0 Å². The van der Waals surface area contributed by atoms with Gasteiger partial charge in [0.05, 0.1) is 11.3 Å². The van der Waals surface area contributed by atoms with Gasteiger partial charge in [0.2, 0.25) is 0 Å². The minimum absolute atomic E-state index is 0.268. The van der Waals surface area contributed by atoms with E-state index in [4.69, 9.17) is 0 Å². The van der Waals surface area contributed by atoms with Gasteiger partial charge in [-0.15, -0.1) is 5.10 Å². The number of nitrogens with one attached hydrogen (secondary N) is 1. The summed E-state index contributed by atoms with van der Waals surface area (Å²) < 4.78 is 0. The van der Waals surface area contributed by atoms with E-state index in [9.17, 15) is 10.4 Å². The molecule has 0 unspecified atom stereocenters. The lowest BCUT2D eigenvalue weighted by molar-refractivity contribution is -0.0120. The fourth-order valence-corrected chi connectivity index (χ4v) is 4.09. The lowest BCUT2D eigenvalue weighted by atomic mass is 9.79. The van der Waals surface area contributed by atoms with Gasteiger partial charge in [0, 0.05) is 11.8 Å². The lowest BCUT2D eigenvalue weighted by Gasteiger charge is -2.45. The van der Waals surface area contributed by atoms with E-state index < -0.39 is 5.60 Å². The highest BCUT2D eigenvalue weighted by molar-refractivity contribution is 8.00. The molecule has 1 heterocycles. The summed E-state index contributed by atoms with van der Waals surface area (Å²) in [6, 6.07) is 2.25. The Morgan fingerprint density at radius 1 is 1.36 bits per heavy atom. The summed E-state index contributed by atoms with van der Waals surface area (Å²) in [4.78, 5) is 0. The van der Waals surface area contributed by atoms with Crippen LogP contribution in [0.1, 0.15) is 50.4 Å². The number of nitriles is 1. The van der Waals surface area contributed by atoms with Crippen LogP contribution in [0, 0.1) is 11.3 Å². The molecule has 6 heteroatoms. The van der Waals surface area contributed by atoms with E-state index in [0.29, 0.717) is 17.9 Å². The molecule has 0 bridgehead atoms. The summed E-state index contributed by atoms with van der Waals surface area (Å²) in [5.41, 5.74) is 1.70. The quantitative estimate of drug-likeness (QED) is 0.803. The van der Waals surface area contributed by atoms with Crippen LogP contribution in [-0.2, 0) is 12.8 Å². The average Bonchev–Trinajstić information content (AvgIpc) is 2.55. The predicted octanol–water partition coefficient (Wildman–Crippen LogP) is 2.53. The van der Waals surface area contributed by atoms with E-state index in [0.717, 1.165) is 42.7 Å². The van der Waals surface area contributed by atoms with Crippen molar-refractivity contribution in [2.75, 3.05) is 17.6 Å². The highest BCUT2D eigenvalue weighted by Crippen LogP contribution is 2.41. The maximum Gasteiger partial charge on any atom is 0.167 e. The molecular weight excluding hydrogens is 296 g/mol. The maximum atomic E-state index is 10.6. The third kappa shape index (κ3) is 3.21. The van der Waals surface area contributed by atoms with Crippen LogP contribution in [-0.4, -0.2) is 38.5 Å². The number of thioether (sulfide) groups is 1. The van der Waals surface area contributed by atoms with Gasteiger partial charge >= 0.3 is 0 Å². The van der Waals surface area contributed by atoms with Crippen LogP contribution in [0.3, 0.4) is 0 Å². The van der Waals surface area contributed by atoms with Gasteiger partial charge in [0.15, 0.2) is 5.82 Å². The Bertz CT molecular complexity index is 572. The van der Waals surface area contributed by atoms with Crippen LogP contribution < -0.4 is 5.32 Å². The van der Waals surface area contributed by atoms with Gasteiger partial charge in [-0.2, -0.15) is 22.1 Å². The Kier molecular flexibility index (Phi) is 5.65. The van der Waals surface area contributed by atoms with E-state index in [-0.39, 0.29) is 5.25 Å². The zero-order chi connectivity index (χ0) is 16.2. The fourth-order valence-electron chi connectivity index (χ4n) is 2.89. The Morgan fingerprint density at radius 2 is 2.14 bits per heavy atom. The Balaban J connectivity index is 2.15. The van der Waals surface area contributed by atoms with Gasteiger partial charge in [-0.05, 0) is 37.0 Å². The molecule has 1 aromatic heterocycles. The number of anilines is 1. The summed E-state index contributed by atoms with van der Waals surface area (Å²) >= 11 is 1.79. The zero-order valence-corrected chi connectivity index (χ0v) is 14.3. The number of hydrogen-bond donors (Lipinski definition) is 2. The van der Waals surface area contributed by atoms with Crippen LogP contribution in [0.5, 0.6) is 0 Å². The highest BCUT2D eigenvalue weighted by Gasteiger charge is 2.45. The van der Waals surface area contributed by atoms with E-state index >= 15 is 0 Å². The molecule has 2 N–H and O–H groups in total. The van der Waals surface area contributed by atoms with E-state index in [1.807, 2.05) is 13.8 Å². The van der Waals surface area contributed by atoms with Crippen molar-refractivity contribution in [3.8, 4) is 6.07 Å². The number of nitrogens with zero attached hydrogens (tertiary/aromatic N) is 3. The average molecular weight is 320 g/mol. The Labute approximate surface area is 136 Å². The second-order valence-electron chi connectivity index (χ2n) is 5.61. The molecule has 5 nitrogen and oxygen atoms in total. The van der Waals surface area contributed by atoms with Crippen molar-refractivity contribution < 1.29 is 5.11 Å². The standard InChI is InChI=1S/C16H24N4OS/c1-4-11-12(9-17)15(20-19-13(11)5-2)18-10-16(21)8-7-14(16)22-6-3/h14,21H,4-8,10H2,1-3H3,(H,18,20)/t14-,16-/m1/s1. The topological polar surface area (TPSA) is 81.8 Å². The van der Waals surface area contributed by atoms with Gasteiger partial charge in [-0.25, -0.2) is 0 Å². The molecule has 0 saturated heterocycles. The van der Waals surface area contributed by atoms with Crippen molar-refractivity contribution in [3.63, 3.8) is 0 Å². The molecule has 1 aromatic rings. The molecule has 22 heavy (non-hydrogen) atoms. The molecule has 0 aliphatic heterocycles. The molecule has 2 atom stereocenters. The summed E-state index contributed by atoms with van der Waals surface area (Å²) in [5, 5.41) is 31.9. The summed E-state index contributed by atoms with van der Waals surface area (Å²) in [6.07, 6.45) is 3.36. The lowest BCUT2D eigenvalue weighted by Crippen LogP contribution is -2.54. The third-order valence-electron chi connectivity index (χ3n) is 4.33. The van der Waals surface area contributed by atoms with Crippen molar-refractivity contribution in [2.45, 2.75) is 57.3 Å². The van der Waals surface area contributed by atoms with E-state index in [2.05, 4.69) is 28.5 Å². The molecule has 0 spiro atoms. The Morgan fingerprint density at radius 3 is 2.64 bits per heavy atom. The van der Waals surface area contributed by atoms with Gasteiger partial charge < -0.3 is 10.4 Å². The van der Waals surface area contributed by atoms with Gasteiger partial charge in [0.25, 0.3) is 0 Å². The molecule has 120 valence electrons. The molecule has 1 aliphatic carbocycles. The predicted molar refractivity (Wildman–Crippen MR) is 90.1 cm³/mol. The van der Waals surface area contributed by atoms with Gasteiger partial charge in [-0.3, -0.25) is 0 Å². The molecular formula is C16H24N4OS. The number of hydrogen-bond acceptors (Lipinski definition) is 6. The minimum atomic E-state index is -0.703. The minimum Gasteiger partial charge on any atom is -0.387 e. The van der Waals surface area contributed by atoms with Crippen LogP contribution >= 0.6 is 11.8 Å². The normalized spacial score (nSPS) is 23.7. The van der Waals surface area contributed by atoms with Crippen LogP contribution in [0.15, 0.2) is 0 Å². The summed E-state index contributed by atoms with van der Waals surface area (Å²) in [7, 11) is 0. The van der Waals surface area contributed by atoms with E-state index in [1.165, 1.54) is 0 Å². The molecule has 0 radical (unpaired) electrons. The van der Waals surface area contributed by atoms with E-state index in [1.54, 1.807) is 11.8 Å². The second-order valence-corrected chi connectivity index (χ2v) is 7.09. The number of aliphatic hydroxyl groups is 1. The number of aromatic nitrogens is 2. The zero-order valence-electron chi connectivity index (χ0n) is 13.5. The highest BCUT2D eigenvalue weighted by atomic mass is 32.2. The van der Waals surface area contributed by atoms with Gasteiger partial charge in [0.1, 0.15) is 11.6 Å². The monoisotopic (exact) mass is 320 g/mol. The largest absolute Gasteiger partial charge is 0.387 e. The van der Waals surface area contributed by atoms with Crippen molar-refractivity contribution >= 4 is 17.6 Å². The van der Waals surface area contributed by atoms with Crippen LogP contribution in [0.2, 0.25) is 0 Å². The number of aryl methyl sites for hydroxylation is 1. The molecule has 0 aromatic carbocycles. The Hall–Kier alpha value is -1.32. The molecule has 1 saturated carbocycles. The van der Waals surface area contributed by atoms with Crippen molar-refractivity contribution in [3.05, 3.63) is 16.8 Å². The summed E-state index contributed by atoms with van der Waals surface area (Å²) in [5.74, 6) is 1.50. The first kappa shape index (κ1) is 17.0. The SMILES string of the molecule is CCS[C@@H]1CC[C@@]1(O)CNc1nnc(CC)c(CC)c1C#N. The van der Waals surface area contributed by atoms with Gasteiger partial charge in [-0.1, -0.05) is 20.8 Å². The van der Waals surface area contributed by atoms with Crippen molar-refractivity contribution in [1.29, 1.82) is 5.26 Å². The number of rotatable bonds is 7. The first-order valence-corrected chi connectivity index (χ1v) is 9.00. The summed E-state index contributed by atoms with van der Waals surface area (Å²) in [6.45, 7) is 6.56. The first-order chi connectivity index (χ1) is 10.6. The molecule has 2 rings (SSSR count). The molecule has 1 aliphatic rings. The van der Waals surface area contributed by atoms with Crippen molar-refractivity contribution in [2.24, 2.45) is 0 Å². The van der Waals surface area contributed by atoms with Crippen molar-refractivity contribution in [1.82, 2.24) is 10.2 Å². The second kappa shape index (κ2) is 7.30. The third-order valence-corrected chi connectivity index (χ3v) is 5.74. The molecule has 1 fully saturated rings. The molecule has 0 amide bonds. The fraction of sp³-hybridized carbons (Fsp3) is 0.688. The maximum absolute atomic E-state index is 10.6. The smallest absolute Gasteiger partial charge is 0.167 e.